The molecule has 1 saturated carbocycles. The van der Waals surface area contributed by atoms with E-state index in [0.717, 1.165) is 25.7 Å². The van der Waals surface area contributed by atoms with Crippen LogP contribution in [0.1, 0.15) is 32.6 Å². The van der Waals surface area contributed by atoms with Crippen molar-refractivity contribution < 1.29 is 14.3 Å². The average molecular weight is 248 g/mol. The van der Waals surface area contributed by atoms with E-state index in [-0.39, 0.29) is 17.7 Å². The van der Waals surface area contributed by atoms with Gasteiger partial charge in [-0.3, -0.25) is 4.79 Å². The number of rotatable bonds is 2. The minimum atomic E-state index is -0.463. The third-order valence-corrected chi connectivity index (χ3v) is 3.47. The van der Waals surface area contributed by atoms with Crippen LogP contribution in [0.15, 0.2) is 0 Å². The number of carbonyl (C=O) groups is 1. The molecule has 0 aromatic carbocycles. The Bertz CT molecular complexity index is 254. The van der Waals surface area contributed by atoms with Gasteiger partial charge >= 0.3 is 0 Å². The first kappa shape index (κ1) is 12.1. The lowest BCUT2D eigenvalue weighted by Gasteiger charge is -2.35. The Morgan fingerprint density at radius 2 is 1.94 bits per heavy atom. The Hall–Kier alpha value is -0.320. The highest BCUT2D eigenvalue weighted by atomic mass is 35.5. The first-order valence-corrected chi connectivity index (χ1v) is 6.27. The molecule has 0 radical (unpaired) electrons. The molecule has 1 heterocycles. The molecule has 1 aliphatic heterocycles. The van der Waals surface area contributed by atoms with Crippen molar-refractivity contribution in [2.45, 2.75) is 49.8 Å². The molecule has 4 nitrogen and oxygen atoms in total. The fourth-order valence-electron chi connectivity index (χ4n) is 2.30. The molecule has 16 heavy (non-hydrogen) atoms. The number of hydrogen-bond acceptors (Lipinski definition) is 3. The zero-order valence-corrected chi connectivity index (χ0v) is 10.3. The normalized spacial score (nSPS) is 26.9. The Labute approximate surface area is 101 Å². The Balaban J connectivity index is 1.79. The first-order valence-electron chi connectivity index (χ1n) is 5.84. The standard InChI is InChI=1S/C11H18ClNO3/c1-8(12)10(14)13-9-2-4-11(5-3-9)15-6-7-16-11/h8-9H,2-7H2,1H3,(H,13,14). The zero-order chi connectivity index (χ0) is 11.6. The van der Waals surface area contributed by atoms with Crippen LogP contribution in [-0.2, 0) is 14.3 Å². The van der Waals surface area contributed by atoms with Crippen LogP contribution in [0.2, 0.25) is 0 Å². The van der Waals surface area contributed by atoms with Crippen molar-refractivity contribution in [2.75, 3.05) is 13.2 Å². The van der Waals surface area contributed by atoms with E-state index in [4.69, 9.17) is 21.1 Å². The van der Waals surface area contributed by atoms with Crippen LogP contribution in [0, 0.1) is 0 Å². The van der Waals surface area contributed by atoms with Gasteiger partial charge in [0, 0.05) is 18.9 Å². The van der Waals surface area contributed by atoms with Crippen LogP contribution in [0.3, 0.4) is 0 Å². The maximum atomic E-state index is 11.4. The summed E-state index contributed by atoms with van der Waals surface area (Å²) in [6.07, 6.45) is 3.51. The molecular weight excluding hydrogens is 230 g/mol. The third kappa shape index (κ3) is 2.67. The maximum Gasteiger partial charge on any atom is 0.237 e. The van der Waals surface area contributed by atoms with Gasteiger partial charge in [0.2, 0.25) is 5.91 Å². The summed E-state index contributed by atoms with van der Waals surface area (Å²) in [6, 6.07) is 0.215. The number of alkyl halides is 1. The minimum Gasteiger partial charge on any atom is -0.352 e. The molecule has 92 valence electrons. The summed E-state index contributed by atoms with van der Waals surface area (Å²) in [4.78, 5) is 11.4. The van der Waals surface area contributed by atoms with Crippen LogP contribution in [-0.4, -0.2) is 36.3 Å². The second-order valence-corrected chi connectivity index (χ2v) is 5.16. The van der Waals surface area contributed by atoms with Crippen LogP contribution in [0.5, 0.6) is 0 Å². The second kappa shape index (κ2) is 4.90. The molecular formula is C11H18ClNO3. The summed E-state index contributed by atoms with van der Waals surface area (Å²) in [5.41, 5.74) is 0. The number of ether oxygens (including phenoxy) is 2. The van der Waals surface area contributed by atoms with Crippen LogP contribution in [0.25, 0.3) is 0 Å². The molecule has 1 spiro atoms. The molecule has 1 amide bonds. The lowest BCUT2D eigenvalue weighted by molar-refractivity contribution is -0.180. The van der Waals surface area contributed by atoms with Gasteiger partial charge in [-0.05, 0) is 19.8 Å². The van der Waals surface area contributed by atoms with E-state index in [2.05, 4.69) is 5.32 Å². The van der Waals surface area contributed by atoms with Crippen LogP contribution < -0.4 is 5.32 Å². The topological polar surface area (TPSA) is 47.6 Å². The fraction of sp³-hybridized carbons (Fsp3) is 0.909. The van der Waals surface area contributed by atoms with Gasteiger partial charge in [-0.1, -0.05) is 0 Å². The van der Waals surface area contributed by atoms with Crippen LogP contribution >= 0.6 is 11.6 Å². The molecule has 2 fully saturated rings. The van der Waals surface area contributed by atoms with Gasteiger partial charge < -0.3 is 14.8 Å². The van der Waals surface area contributed by atoms with Crippen LogP contribution in [0.4, 0.5) is 0 Å². The van der Waals surface area contributed by atoms with Crippen molar-refractivity contribution in [3.8, 4) is 0 Å². The van der Waals surface area contributed by atoms with Crippen molar-refractivity contribution in [3.05, 3.63) is 0 Å². The lowest BCUT2D eigenvalue weighted by atomic mass is 9.90. The van der Waals surface area contributed by atoms with E-state index in [0.29, 0.717) is 13.2 Å². The molecule has 0 bridgehead atoms. The number of carbonyl (C=O) groups excluding carboxylic acids is 1. The van der Waals surface area contributed by atoms with Gasteiger partial charge in [-0.2, -0.15) is 0 Å². The molecule has 0 aromatic rings. The third-order valence-electron chi connectivity index (χ3n) is 3.27. The quantitative estimate of drug-likeness (QED) is 0.751. The highest BCUT2D eigenvalue weighted by Crippen LogP contribution is 2.35. The first-order chi connectivity index (χ1) is 7.61. The van der Waals surface area contributed by atoms with E-state index in [1.54, 1.807) is 6.92 Å². The number of nitrogens with one attached hydrogen (secondary N) is 1. The number of halogens is 1. The summed E-state index contributed by atoms with van der Waals surface area (Å²) in [5.74, 6) is -0.441. The summed E-state index contributed by atoms with van der Waals surface area (Å²) >= 11 is 5.71. The Morgan fingerprint density at radius 1 is 1.38 bits per heavy atom. The van der Waals surface area contributed by atoms with E-state index < -0.39 is 5.38 Å². The summed E-state index contributed by atoms with van der Waals surface area (Å²) in [7, 11) is 0. The number of hydrogen-bond donors (Lipinski definition) is 1. The highest BCUT2D eigenvalue weighted by molar-refractivity contribution is 6.30. The SMILES string of the molecule is CC(Cl)C(=O)NC1CCC2(CC1)OCCO2. The monoisotopic (exact) mass is 247 g/mol. The smallest absolute Gasteiger partial charge is 0.237 e. The van der Waals surface area contributed by atoms with Gasteiger partial charge in [0.15, 0.2) is 5.79 Å². The van der Waals surface area contributed by atoms with Gasteiger partial charge in [-0.15, -0.1) is 11.6 Å². The highest BCUT2D eigenvalue weighted by Gasteiger charge is 2.40. The molecule has 2 rings (SSSR count). The van der Waals surface area contributed by atoms with Crippen molar-refractivity contribution in [3.63, 3.8) is 0 Å². The van der Waals surface area contributed by atoms with Gasteiger partial charge in [0.05, 0.1) is 13.2 Å². The van der Waals surface area contributed by atoms with Crippen molar-refractivity contribution in [1.82, 2.24) is 5.32 Å². The Morgan fingerprint density at radius 3 is 2.44 bits per heavy atom. The van der Waals surface area contributed by atoms with E-state index >= 15 is 0 Å². The molecule has 1 unspecified atom stereocenters. The van der Waals surface area contributed by atoms with E-state index in [1.165, 1.54) is 0 Å². The average Bonchev–Trinajstić information content (AvgIpc) is 2.70. The fourth-order valence-corrected chi connectivity index (χ4v) is 2.37. The van der Waals surface area contributed by atoms with Gasteiger partial charge in [0.1, 0.15) is 5.38 Å². The maximum absolute atomic E-state index is 11.4. The van der Waals surface area contributed by atoms with Gasteiger partial charge in [0.25, 0.3) is 0 Å². The van der Waals surface area contributed by atoms with Gasteiger partial charge in [-0.25, -0.2) is 0 Å². The molecule has 1 saturated heterocycles. The second-order valence-electron chi connectivity index (χ2n) is 4.51. The predicted octanol–water partition coefficient (Wildman–Crippen LogP) is 1.42. The molecule has 1 N–H and O–H groups in total. The molecule has 2 aliphatic rings. The molecule has 0 aromatic heterocycles. The zero-order valence-electron chi connectivity index (χ0n) is 9.50. The predicted molar refractivity (Wildman–Crippen MR) is 60.3 cm³/mol. The molecule has 5 heteroatoms. The largest absolute Gasteiger partial charge is 0.352 e. The molecule has 1 aliphatic carbocycles. The summed E-state index contributed by atoms with van der Waals surface area (Å²) in [6.45, 7) is 3.07. The molecule has 1 atom stereocenters. The Kier molecular flexibility index (Phi) is 3.72. The van der Waals surface area contributed by atoms with Crippen molar-refractivity contribution in [2.24, 2.45) is 0 Å². The van der Waals surface area contributed by atoms with Crippen molar-refractivity contribution >= 4 is 17.5 Å². The van der Waals surface area contributed by atoms with E-state index in [9.17, 15) is 4.79 Å². The summed E-state index contributed by atoms with van der Waals surface area (Å²) in [5, 5.41) is 2.48. The number of amides is 1. The lowest BCUT2D eigenvalue weighted by Crippen LogP contribution is -2.45. The minimum absolute atomic E-state index is 0.0872. The summed E-state index contributed by atoms with van der Waals surface area (Å²) < 4.78 is 11.2. The van der Waals surface area contributed by atoms with E-state index in [1.807, 2.05) is 0 Å². The van der Waals surface area contributed by atoms with Crippen molar-refractivity contribution in [1.29, 1.82) is 0 Å².